The molecule has 3 aromatic rings. The van der Waals surface area contributed by atoms with E-state index < -0.39 is 6.10 Å². The molecule has 6 nitrogen and oxygen atoms in total. The molecule has 0 spiro atoms. The van der Waals surface area contributed by atoms with Crippen LogP contribution < -0.4 is 0 Å². The number of amides is 1. The van der Waals surface area contributed by atoms with Gasteiger partial charge in [-0.3, -0.25) is 4.79 Å². The molecule has 0 radical (unpaired) electrons. The van der Waals surface area contributed by atoms with E-state index in [1.54, 1.807) is 11.1 Å². The Morgan fingerprint density at radius 2 is 1.82 bits per heavy atom. The highest BCUT2D eigenvalue weighted by Gasteiger charge is 2.35. The van der Waals surface area contributed by atoms with Gasteiger partial charge in [-0.15, -0.1) is 0 Å². The number of rotatable bonds is 4. The molecule has 4 rings (SSSR count). The minimum atomic E-state index is -0.522. The maximum atomic E-state index is 12.9. The predicted molar refractivity (Wildman–Crippen MR) is 107 cm³/mol. The third kappa shape index (κ3) is 3.56. The van der Waals surface area contributed by atoms with Crippen molar-refractivity contribution in [3.8, 4) is 22.5 Å². The van der Waals surface area contributed by atoms with Gasteiger partial charge in [0.05, 0.1) is 18.3 Å². The van der Waals surface area contributed by atoms with E-state index in [2.05, 4.69) is 5.16 Å². The first kappa shape index (κ1) is 18.4. The number of nitrogens with zero attached hydrogens (tertiary/aromatic N) is 3. The summed E-state index contributed by atoms with van der Waals surface area (Å²) in [5.74, 6) is 0.669. The zero-order valence-corrected chi connectivity index (χ0v) is 15.9. The van der Waals surface area contributed by atoms with E-state index in [1.165, 1.54) is 0 Å². The first-order valence-electron chi connectivity index (χ1n) is 9.28. The highest BCUT2D eigenvalue weighted by Crippen LogP contribution is 2.26. The van der Waals surface area contributed by atoms with Gasteiger partial charge < -0.3 is 19.4 Å². The molecule has 1 aliphatic rings. The molecule has 1 fully saturated rings. The molecule has 0 aliphatic carbocycles. The second-order valence-electron chi connectivity index (χ2n) is 7.34. The molecule has 2 heterocycles. The highest BCUT2D eigenvalue weighted by molar-refractivity contribution is 5.95. The van der Waals surface area contributed by atoms with Crippen molar-refractivity contribution < 1.29 is 14.4 Å². The smallest absolute Gasteiger partial charge is 0.254 e. The maximum Gasteiger partial charge on any atom is 0.254 e. The van der Waals surface area contributed by atoms with Crippen molar-refractivity contribution in [2.24, 2.45) is 0 Å². The lowest BCUT2D eigenvalue weighted by Gasteiger charge is -2.21. The molecule has 1 N–H and O–H groups in total. The normalized spacial score (nSPS) is 19.4. The largest absolute Gasteiger partial charge is 0.390 e. The Hall–Kier alpha value is -2.96. The number of hydrogen-bond acceptors (Lipinski definition) is 5. The number of carbonyl (C=O) groups excluding carboxylic acids is 1. The van der Waals surface area contributed by atoms with Gasteiger partial charge in [0.25, 0.3) is 5.91 Å². The van der Waals surface area contributed by atoms with Crippen LogP contribution >= 0.6 is 0 Å². The molecule has 2 atom stereocenters. The number of benzene rings is 2. The monoisotopic (exact) mass is 377 g/mol. The summed E-state index contributed by atoms with van der Waals surface area (Å²) in [5.41, 5.74) is 3.57. The van der Waals surface area contributed by atoms with E-state index in [0.717, 1.165) is 22.5 Å². The third-order valence-corrected chi connectivity index (χ3v) is 5.26. The topological polar surface area (TPSA) is 69.8 Å². The number of likely N-dealkylation sites (N-methyl/N-ethyl adjacent to an activating group) is 1. The molecule has 144 valence electrons. The van der Waals surface area contributed by atoms with E-state index >= 15 is 0 Å². The van der Waals surface area contributed by atoms with Gasteiger partial charge >= 0.3 is 0 Å². The van der Waals surface area contributed by atoms with Crippen LogP contribution in [0.15, 0.2) is 65.3 Å². The van der Waals surface area contributed by atoms with Crippen LogP contribution in [0.2, 0.25) is 0 Å². The predicted octanol–water partition coefficient (Wildman–Crippen LogP) is 2.76. The van der Waals surface area contributed by atoms with Crippen LogP contribution in [0.1, 0.15) is 10.4 Å². The minimum absolute atomic E-state index is 0.0317. The molecule has 1 amide bonds. The SMILES string of the molecule is CN(C)[C@H]1CN(C(=O)c2cccc(-c3ccc(-c4ccno4)cc3)c2)C[C@@H]1O. The second-order valence-corrected chi connectivity index (χ2v) is 7.34. The first-order valence-corrected chi connectivity index (χ1v) is 9.28. The van der Waals surface area contributed by atoms with Crippen molar-refractivity contribution in [1.29, 1.82) is 0 Å². The Bertz CT molecular complexity index is 951. The molecule has 0 bridgehead atoms. The fourth-order valence-electron chi connectivity index (χ4n) is 3.65. The van der Waals surface area contributed by atoms with E-state index in [-0.39, 0.29) is 11.9 Å². The van der Waals surface area contributed by atoms with Crippen molar-refractivity contribution in [3.63, 3.8) is 0 Å². The van der Waals surface area contributed by atoms with Crippen molar-refractivity contribution in [2.45, 2.75) is 12.1 Å². The summed E-state index contributed by atoms with van der Waals surface area (Å²) in [6.07, 6.45) is 1.10. The summed E-state index contributed by atoms with van der Waals surface area (Å²) < 4.78 is 5.18. The van der Waals surface area contributed by atoms with Crippen LogP contribution in [0.5, 0.6) is 0 Å². The van der Waals surface area contributed by atoms with Gasteiger partial charge in [-0.2, -0.15) is 0 Å². The van der Waals surface area contributed by atoms with Crippen molar-refractivity contribution in [3.05, 3.63) is 66.4 Å². The second kappa shape index (κ2) is 7.58. The van der Waals surface area contributed by atoms with Crippen LogP contribution in [0.25, 0.3) is 22.5 Å². The van der Waals surface area contributed by atoms with Gasteiger partial charge in [0.1, 0.15) is 0 Å². The number of aliphatic hydroxyl groups is 1. The lowest BCUT2D eigenvalue weighted by molar-refractivity contribution is 0.0764. The molecule has 2 aromatic carbocycles. The Morgan fingerprint density at radius 1 is 1.07 bits per heavy atom. The van der Waals surface area contributed by atoms with Crippen LogP contribution in [0.3, 0.4) is 0 Å². The molecule has 1 aromatic heterocycles. The summed E-state index contributed by atoms with van der Waals surface area (Å²) in [4.78, 5) is 16.6. The number of aromatic nitrogens is 1. The maximum absolute atomic E-state index is 12.9. The van der Waals surface area contributed by atoms with E-state index in [4.69, 9.17) is 4.52 Å². The van der Waals surface area contributed by atoms with E-state index in [9.17, 15) is 9.90 Å². The number of hydrogen-bond donors (Lipinski definition) is 1. The molecule has 1 aliphatic heterocycles. The highest BCUT2D eigenvalue weighted by atomic mass is 16.5. The Labute approximate surface area is 164 Å². The number of β-amino-alcohol motifs (C(OH)–C–C–N with tert-alkyl or cyclic N) is 1. The summed E-state index contributed by atoms with van der Waals surface area (Å²) in [7, 11) is 3.84. The van der Waals surface area contributed by atoms with Gasteiger partial charge in [-0.1, -0.05) is 41.6 Å². The van der Waals surface area contributed by atoms with Crippen LogP contribution in [-0.2, 0) is 0 Å². The van der Waals surface area contributed by atoms with E-state index in [0.29, 0.717) is 18.7 Å². The van der Waals surface area contributed by atoms with Gasteiger partial charge in [-0.05, 0) is 37.4 Å². The van der Waals surface area contributed by atoms with Crippen LogP contribution in [-0.4, -0.2) is 65.3 Å². The number of likely N-dealkylation sites (tertiary alicyclic amines) is 1. The zero-order valence-electron chi connectivity index (χ0n) is 15.9. The molecular formula is C22H23N3O3. The fraction of sp³-hybridized carbons (Fsp3) is 0.273. The molecule has 6 heteroatoms. The van der Waals surface area contributed by atoms with Gasteiger partial charge in [0.15, 0.2) is 5.76 Å². The molecule has 28 heavy (non-hydrogen) atoms. The van der Waals surface area contributed by atoms with Gasteiger partial charge in [-0.25, -0.2) is 0 Å². The quantitative estimate of drug-likeness (QED) is 0.757. The lowest BCUT2D eigenvalue weighted by atomic mass is 10.0. The Morgan fingerprint density at radius 3 is 2.46 bits per heavy atom. The summed E-state index contributed by atoms with van der Waals surface area (Å²) >= 11 is 0. The van der Waals surface area contributed by atoms with E-state index in [1.807, 2.05) is 73.6 Å². The van der Waals surface area contributed by atoms with Gasteiger partial charge in [0, 0.05) is 30.3 Å². The number of carbonyl (C=O) groups is 1. The lowest BCUT2D eigenvalue weighted by Crippen LogP contribution is -2.38. The van der Waals surface area contributed by atoms with Crippen molar-refractivity contribution in [1.82, 2.24) is 15.0 Å². The van der Waals surface area contributed by atoms with Gasteiger partial charge in [0.2, 0.25) is 0 Å². The van der Waals surface area contributed by atoms with Crippen LogP contribution in [0, 0.1) is 0 Å². The average molecular weight is 377 g/mol. The average Bonchev–Trinajstić information content (AvgIpc) is 3.37. The standard InChI is InChI=1S/C22H23N3O3/c1-24(2)19-13-25(14-20(19)26)22(27)18-5-3-4-17(12-18)15-6-8-16(9-7-15)21-10-11-23-28-21/h3-12,19-20,26H,13-14H2,1-2H3/t19-,20-/m0/s1. The molecule has 0 unspecified atom stereocenters. The molecule has 1 saturated heterocycles. The third-order valence-electron chi connectivity index (χ3n) is 5.26. The summed E-state index contributed by atoms with van der Waals surface area (Å²) in [6.45, 7) is 0.890. The summed E-state index contributed by atoms with van der Waals surface area (Å²) in [5, 5.41) is 13.9. The number of aliphatic hydroxyl groups excluding tert-OH is 1. The van der Waals surface area contributed by atoms with Crippen molar-refractivity contribution in [2.75, 3.05) is 27.2 Å². The zero-order chi connectivity index (χ0) is 19.7. The molecular weight excluding hydrogens is 354 g/mol. The van der Waals surface area contributed by atoms with Crippen LogP contribution in [0.4, 0.5) is 0 Å². The first-order chi connectivity index (χ1) is 13.5. The molecule has 0 saturated carbocycles. The Balaban J connectivity index is 1.54. The van der Waals surface area contributed by atoms with Crippen molar-refractivity contribution >= 4 is 5.91 Å². The fourth-order valence-corrected chi connectivity index (χ4v) is 3.65. The Kier molecular flexibility index (Phi) is 4.98. The summed E-state index contributed by atoms with van der Waals surface area (Å²) in [6, 6.07) is 17.4. The minimum Gasteiger partial charge on any atom is -0.390 e.